The molecule has 1 saturated heterocycles. The van der Waals surface area contributed by atoms with Gasteiger partial charge < -0.3 is 23.9 Å². The summed E-state index contributed by atoms with van der Waals surface area (Å²) in [6.45, 7) is 4.00. The molecule has 7 nitrogen and oxygen atoms in total. The van der Waals surface area contributed by atoms with Crippen molar-refractivity contribution in [1.29, 1.82) is 0 Å². The average Bonchev–Trinajstić information content (AvgIpc) is 3.14. The second kappa shape index (κ2) is 7.23. The van der Waals surface area contributed by atoms with Gasteiger partial charge in [0.2, 0.25) is 0 Å². The van der Waals surface area contributed by atoms with Crippen molar-refractivity contribution in [3.63, 3.8) is 0 Å². The van der Waals surface area contributed by atoms with Crippen LogP contribution in [0.5, 0.6) is 11.5 Å². The van der Waals surface area contributed by atoms with Crippen LogP contribution in [0.4, 0.5) is 0 Å². The SMILES string of the molecule is COC(=O)C1=COC(C)[C@H]2CN3CCc4c([nH]c5cc(OC)c(OC)cc45)[C@@H]3C[C@H]12. The van der Waals surface area contributed by atoms with E-state index in [1.165, 1.54) is 23.8 Å². The Labute approximate surface area is 175 Å². The van der Waals surface area contributed by atoms with Gasteiger partial charge in [0.15, 0.2) is 11.5 Å². The lowest BCUT2D eigenvalue weighted by molar-refractivity contribution is -0.139. The van der Waals surface area contributed by atoms with Crippen molar-refractivity contribution in [3.05, 3.63) is 35.2 Å². The summed E-state index contributed by atoms with van der Waals surface area (Å²) in [5, 5.41) is 1.19. The molecule has 5 rings (SSSR count). The molecule has 2 aromatic rings. The number of fused-ring (bicyclic) bond motifs is 6. The van der Waals surface area contributed by atoms with E-state index in [9.17, 15) is 4.79 Å². The Hall–Kier alpha value is -2.67. The first-order valence-corrected chi connectivity index (χ1v) is 10.5. The fraction of sp³-hybridized carbons (Fsp3) is 0.522. The van der Waals surface area contributed by atoms with E-state index in [0.29, 0.717) is 5.57 Å². The smallest absolute Gasteiger partial charge is 0.337 e. The molecular formula is C23H28N2O5. The number of nitrogens with one attached hydrogen (secondary N) is 1. The Bertz CT molecular complexity index is 1030. The minimum absolute atomic E-state index is 0.0852. The fourth-order valence-corrected chi connectivity index (χ4v) is 5.56. The van der Waals surface area contributed by atoms with Gasteiger partial charge in [-0.2, -0.15) is 0 Å². The van der Waals surface area contributed by atoms with Crippen LogP contribution < -0.4 is 9.47 Å². The summed E-state index contributed by atoms with van der Waals surface area (Å²) in [5.74, 6) is 1.59. The van der Waals surface area contributed by atoms with Gasteiger partial charge in [0.1, 0.15) is 0 Å². The van der Waals surface area contributed by atoms with Crippen molar-refractivity contribution < 1.29 is 23.7 Å². The first kappa shape index (κ1) is 19.3. The lowest BCUT2D eigenvalue weighted by Crippen LogP contribution is -2.51. The van der Waals surface area contributed by atoms with E-state index in [1.54, 1.807) is 20.5 Å². The summed E-state index contributed by atoms with van der Waals surface area (Å²) in [6.07, 6.45) is 3.56. The number of benzene rings is 1. The van der Waals surface area contributed by atoms with E-state index < -0.39 is 0 Å². The summed E-state index contributed by atoms with van der Waals surface area (Å²) < 4.78 is 21.9. The highest BCUT2D eigenvalue weighted by Gasteiger charge is 2.47. The Morgan fingerprint density at radius 2 is 1.97 bits per heavy atom. The molecule has 0 bridgehead atoms. The zero-order chi connectivity index (χ0) is 21.0. The molecule has 1 aromatic heterocycles. The quantitative estimate of drug-likeness (QED) is 0.781. The van der Waals surface area contributed by atoms with Crippen molar-refractivity contribution in [1.82, 2.24) is 9.88 Å². The van der Waals surface area contributed by atoms with E-state index in [2.05, 4.69) is 22.9 Å². The van der Waals surface area contributed by atoms with Crippen LogP contribution in [0.1, 0.15) is 30.6 Å². The lowest BCUT2D eigenvalue weighted by atomic mass is 9.72. The summed E-state index contributed by atoms with van der Waals surface area (Å²) >= 11 is 0. The second-order valence-corrected chi connectivity index (χ2v) is 8.44. The highest BCUT2D eigenvalue weighted by molar-refractivity contribution is 5.89. The van der Waals surface area contributed by atoms with E-state index in [0.717, 1.165) is 42.9 Å². The van der Waals surface area contributed by atoms with Gasteiger partial charge in [0.25, 0.3) is 0 Å². The molecule has 7 heteroatoms. The summed E-state index contributed by atoms with van der Waals surface area (Å²) in [5.41, 5.74) is 4.31. The Morgan fingerprint density at radius 3 is 2.70 bits per heavy atom. The summed E-state index contributed by atoms with van der Waals surface area (Å²) in [6, 6.07) is 4.32. The molecule has 3 aliphatic rings. The lowest BCUT2D eigenvalue weighted by Gasteiger charge is -2.49. The number of aromatic nitrogens is 1. The van der Waals surface area contributed by atoms with Crippen molar-refractivity contribution in [2.24, 2.45) is 11.8 Å². The number of methoxy groups -OCH3 is 3. The van der Waals surface area contributed by atoms with Crippen LogP contribution in [0.3, 0.4) is 0 Å². The van der Waals surface area contributed by atoms with E-state index in [1.807, 2.05) is 6.07 Å². The normalized spacial score (nSPS) is 27.9. The number of H-pyrrole nitrogens is 1. The van der Waals surface area contributed by atoms with Gasteiger partial charge in [-0.05, 0) is 31.4 Å². The summed E-state index contributed by atoms with van der Waals surface area (Å²) in [7, 11) is 4.75. The van der Waals surface area contributed by atoms with Crippen LogP contribution in [0.25, 0.3) is 10.9 Å². The molecule has 30 heavy (non-hydrogen) atoms. The third-order valence-electron chi connectivity index (χ3n) is 7.14. The molecule has 3 aliphatic heterocycles. The first-order chi connectivity index (χ1) is 14.5. The second-order valence-electron chi connectivity index (χ2n) is 8.44. The van der Waals surface area contributed by atoms with Crippen molar-refractivity contribution in [2.45, 2.75) is 31.9 Å². The predicted octanol–water partition coefficient (Wildman–Crippen LogP) is 3.20. The molecule has 0 saturated carbocycles. The number of carbonyl (C=O) groups is 1. The van der Waals surface area contributed by atoms with Gasteiger partial charge in [-0.15, -0.1) is 0 Å². The number of aromatic amines is 1. The summed E-state index contributed by atoms with van der Waals surface area (Å²) in [4.78, 5) is 18.6. The van der Waals surface area contributed by atoms with Gasteiger partial charge in [0.05, 0.1) is 45.3 Å². The number of esters is 1. The predicted molar refractivity (Wildman–Crippen MR) is 112 cm³/mol. The van der Waals surface area contributed by atoms with E-state index >= 15 is 0 Å². The monoisotopic (exact) mass is 412 g/mol. The third-order valence-corrected chi connectivity index (χ3v) is 7.14. The fourth-order valence-electron chi connectivity index (χ4n) is 5.56. The standard InChI is InChI=1S/C23H28N2O5/c1-12-16-10-25-6-5-13-15-8-20(27-2)21(28-3)9-18(15)24-22(13)19(25)7-14(16)17(11-30-12)23(26)29-4/h8-9,11-12,14,16,19,24H,5-7,10H2,1-4H3/t12?,14-,16+,19-/m0/s1. The zero-order valence-corrected chi connectivity index (χ0v) is 17.9. The molecule has 1 aromatic carbocycles. The van der Waals surface area contributed by atoms with Crippen LogP contribution in [0.15, 0.2) is 24.0 Å². The molecule has 0 radical (unpaired) electrons. The van der Waals surface area contributed by atoms with Crippen molar-refractivity contribution in [2.75, 3.05) is 34.4 Å². The van der Waals surface area contributed by atoms with E-state index in [4.69, 9.17) is 18.9 Å². The Balaban J connectivity index is 1.56. The van der Waals surface area contributed by atoms with E-state index in [-0.39, 0.29) is 30.0 Å². The zero-order valence-electron chi connectivity index (χ0n) is 17.9. The van der Waals surface area contributed by atoms with Crippen LogP contribution in [-0.2, 0) is 20.7 Å². The molecule has 4 heterocycles. The Morgan fingerprint density at radius 1 is 1.20 bits per heavy atom. The van der Waals surface area contributed by atoms with Crippen LogP contribution in [0.2, 0.25) is 0 Å². The third kappa shape index (κ3) is 2.79. The number of nitrogens with zero attached hydrogens (tertiary/aromatic N) is 1. The molecule has 1 fully saturated rings. The minimum atomic E-state index is -0.285. The molecule has 0 spiro atoms. The first-order valence-electron chi connectivity index (χ1n) is 10.5. The average molecular weight is 412 g/mol. The van der Waals surface area contributed by atoms with Gasteiger partial charge in [0, 0.05) is 47.6 Å². The van der Waals surface area contributed by atoms with Gasteiger partial charge in [-0.25, -0.2) is 4.79 Å². The highest BCUT2D eigenvalue weighted by atomic mass is 16.5. The number of rotatable bonds is 3. The number of hydrogen-bond acceptors (Lipinski definition) is 6. The molecule has 1 unspecified atom stereocenters. The number of ether oxygens (including phenoxy) is 4. The molecule has 0 aliphatic carbocycles. The van der Waals surface area contributed by atoms with Crippen LogP contribution in [-0.4, -0.2) is 56.4 Å². The van der Waals surface area contributed by atoms with Gasteiger partial charge in [-0.1, -0.05) is 0 Å². The molecule has 0 amide bonds. The largest absolute Gasteiger partial charge is 0.497 e. The Kier molecular flexibility index (Phi) is 4.65. The number of piperidine rings is 1. The van der Waals surface area contributed by atoms with Crippen molar-refractivity contribution in [3.8, 4) is 11.5 Å². The van der Waals surface area contributed by atoms with Crippen molar-refractivity contribution >= 4 is 16.9 Å². The van der Waals surface area contributed by atoms with Gasteiger partial charge >= 0.3 is 5.97 Å². The molecular weight excluding hydrogens is 384 g/mol. The van der Waals surface area contributed by atoms with Crippen LogP contribution in [0, 0.1) is 11.8 Å². The maximum atomic E-state index is 12.4. The molecule has 4 atom stereocenters. The van der Waals surface area contributed by atoms with Crippen LogP contribution >= 0.6 is 0 Å². The minimum Gasteiger partial charge on any atom is -0.497 e. The highest BCUT2D eigenvalue weighted by Crippen LogP contribution is 2.48. The maximum absolute atomic E-state index is 12.4. The van der Waals surface area contributed by atoms with Gasteiger partial charge in [-0.3, -0.25) is 4.90 Å². The maximum Gasteiger partial charge on any atom is 0.337 e. The molecule has 160 valence electrons. The molecule has 1 N–H and O–H groups in total. The number of hydrogen-bond donors (Lipinski definition) is 1. The number of carbonyl (C=O) groups excluding carboxylic acids is 1. The topological polar surface area (TPSA) is 73.0 Å².